The average molecular weight is 342 g/mol. The Balaban J connectivity index is 2.26. The predicted molar refractivity (Wildman–Crippen MR) is 75.0 cm³/mol. The van der Waals surface area contributed by atoms with Crippen LogP contribution in [0, 0.1) is 11.6 Å². The van der Waals surface area contributed by atoms with Crippen molar-refractivity contribution in [1.29, 1.82) is 0 Å². The second kappa shape index (κ2) is 6.00. The zero-order valence-electron chi connectivity index (χ0n) is 10.4. The minimum atomic E-state index is -0.559. The van der Waals surface area contributed by atoms with E-state index in [1.165, 1.54) is 37.4 Å². The Morgan fingerprint density at radius 2 is 1.95 bits per heavy atom. The van der Waals surface area contributed by atoms with Crippen LogP contribution in [-0.2, 0) is 0 Å². The molecular weight excluding hydrogens is 332 g/mol. The van der Waals surface area contributed by atoms with Crippen molar-refractivity contribution in [2.24, 2.45) is 0 Å². The molecule has 20 heavy (non-hydrogen) atoms. The van der Waals surface area contributed by atoms with Crippen LogP contribution in [0.25, 0.3) is 0 Å². The molecule has 0 unspecified atom stereocenters. The van der Waals surface area contributed by atoms with Gasteiger partial charge in [-0.05, 0) is 52.3 Å². The van der Waals surface area contributed by atoms with E-state index in [4.69, 9.17) is 4.74 Å². The smallest absolute Gasteiger partial charge is 0.255 e. The number of ether oxygens (including phenoxy) is 1. The molecule has 0 saturated carbocycles. The highest BCUT2D eigenvalue weighted by molar-refractivity contribution is 9.10. The molecule has 0 radical (unpaired) electrons. The summed E-state index contributed by atoms with van der Waals surface area (Å²) in [5.74, 6) is -1.55. The van der Waals surface area contributed by atoms with Crippen molar-refractivity contribution in [3.05, 3.63) is 58.1 Å². The van der Waals surface area contributed by atoms with Gasteiger partial charge in [0.05, 0.1) is 12.8 Å². The van der Waals surface area contributed by atoms with Crippen molar-refractivity contribution >= 4 is 27.5 Å². The SMILES string of the molecule is COc1cc(C(=O)Nc2cc(F)ccc2Br)ccc1F. The quantitative estimate of drug-likeness (QED) is 0.916. The lowest BCUT2D eigenvalue weighted by atomic mass is 10.2. The maximum atomic E-state index is 13.3. The number of hydrogen-bond acceptors (Lipinski definition) is 2. The second-order valence-electron chi connectivity index (χ2n) is 3.93. The van der Waals surface area contributed by atoms with Gasteiger partial charge in [0.1, 0.15) is 5.82 Å². The first-order chi connectivity index (χ1) is 9.51. The van der Waals surface area contributed by atoms with Gasteiger partial charge < -0.3 is 10.1 Å². The minimum Gasteiger partial charge on any atom is -0.494 e. The van der Waals surface area contributed by atoms with E-state index in [9.17, 15) is 13.6 Å². The third kappa shape index (κ3) is 3.14. The fourth-order valence-corrected chi connectivity index (χ4v) is 1.93. The third-order valence-corrected chi connectivity index (χ3v) is 3.28. The van der Waals surface area contributed by atoms with Gasteiger partial charge in [-0.15, -0.1) is 0 Å². The molecule has 0 spiro atoms. The number of halogens is 3. The number of methoxy groups -OCH3 is 1. The molecule has 0 atom stereocenters. The number of rotatable bonds is 3. The van der Waals surface area contributed by atoms with E-state index in [1.807, 2.05) is 0 Å². The highest BCUT2D eigenvalue weighted by Crippen LogP contribution is 2.24. The summed E-state index contributed by atoms with van der Waals surface area (Å²) in [6, 6.07) is 7.66. The van der Waals surface area contributed by atoms with Gasteiger partial charge in [-0.1, -0.05) is 0 Å². The van der Waals surface area contributed by atoms with E-state index in [0.29, 0.717) is 10.2 Å². The maximum Gasteiger partial charge on any atom is 0.255 e. The van der Waals surface area contributed by atoms with Crippen LogP contribution in [0.15, 0.2) is 40.9 Å². The van der Waals surface area contributed by atoms with Crippen LogP contribution in [-0.4, -0.2) is 13.0 Å². The summed E-state index contributed by atoms with van der Waals surface area (Å²) in [4.78, 5) is 12.0. The maximum absolute atomic E-state index is 13.3. The van der Waals surface area contributed by atoms with Gasteiger partial charge in [-0.3, -0.25) is 4.79 Å². The van der Waals surface area contributed by atoms with Crippen molar-refractivity contribution in [2.45, 2.75) is 0 Å². The highest BCUT2D eigenvalue weighted by Gasteiger charge is 2.12. The largest absolute Gasteiger partial charge is 0.494 e. The second-order valence-corrected chi connectivity index (χ2v) is 4.78. The van der Waals surface area contributed by atoms with Gasteiger partial charge in [-0.2, -0.15) is 0 Å². The Morgan fingerprint density at radius 3 is 2.65 bits per heavy atom. The van der Waals surface area contributed by atoms with Crippen molar-refractivity contribution in [1.82, 2.24) is 0 Å². The van der Waals surface area contributed by atoms with Gasteiger partial charge >= 0.3 is 0 Å². The fraction of sp³-hybridized carbons (Fsp3) is 0.0714. The molecule has 1 N–H and O–H groups in total. The van der Waals surface area contributed by atoms with E-state index in [-0.39, 0.29) is 11.3 Å². The Bertz CT molecular complexity index is 662. The topological polar surface area (TPSA) is 38.3 Å². The minimum absolute atomic E-state index is 0.0315. The molecule has 0 aliphatic heterocycles. The van der Waals surface area contributed by atoms with Crippen LogP contribution >= 0.6 is 15.9 Å². The van der Waals surface area contributed by atoms with Crippen LogP contribution in [0.2, 0.25) is 0 Å². The summed E-state index contributed by atoms with van der Waals surface area (Å²) in [6.07, 6.45) is 0. The Morgan fingerprint density at radius 1 is 1.20 bits per heavy atom. The summed E-state index contributed by atoms with van der Waals surface area (Å²) in [5.41, 5.74) is 0.498. The summed E-state index contributed by atoms with van der Waals surface area (Å²) in [6.45, 7) is 0. The molecular formula is C14H10BrF2NO2. The normalized spacial score (nSPS) is 10.2. The molecule has 0 bridgehead atoms. The van der Waals surface area contributed by atoms with E-state index in [2.05, 4.69) is 21.2 Å². The average Bonchev–Trinajstić information content (AvgIpc) is 2.43. The lowest BCUT2D eigenvalue weighted by Gasteiger charge is -2.09. The van der Waals surface area contributed by atoms with Crippen molar-refractivity contribution in [3.8, 4) is 5.75 Å². The Hall–Kier alpha value is -1.95. The number of carbonyl (C=O) groups excluding carboxylic acids is 1. The van der Waals surface area contributed by atoms with E-state index in [1.54, 1.807) is 0 Å². The van der Waals surface area contributed by atoms with E-state index >= 15 is 0 Å². The zero-order chi connectivity index (χ0) is 14.7. The van der Waals surface area contributed by atoms with E-state index < -0.39 is 17.5 Å². The molecule has 0 fully saturated rings. The molecule has 2 aromatic carbocycles. The standard InChI is InChI=1S/C14H10BrF2NO2/c1-20-13-6-8(2-5-11(13)17)14(19)18-12-7-9(16)3-4-10(12)15/h2-7H,1H3,(H,18,19). The lowest BCUT2D eigenvalue weighted by Crippen LogP contribution is -2.12. The number of carbonyl (C=O) groups is 1. The summed E-state index contributed by atoms with van der Waals surface area (Å²) in [7, 11) is 1.31. The molecule has 2 rings (SSSR count). The number of nitrogens with one attached hydrogen (secondary N) is 1. The van der Waals surface area contributed by atoms with Crippen LogP contribution in [0.1, 0.15) is 10.4 Å². The first-order valence-electron chi connectivity index (χ1n) is 5.61. The first kappa shape index (κ1) is 14.5. The zero-order valence-corrected chi connectivity index (χ0v) is 12.0. The molecule has 1 amide bonds. The number of amides is 1. The van der Waals surface area contributed by atoms with Crippen LogP contribution in [0.3, 0.4) is 0 Å². The molecule has 3 nitrogen and oxygen atoms in total. The molecule has 0 aromatic heterocycles. The van der Waals surface area contributed by atoms with Crippen molar-refractivity contribution in [3.63, 3.8) is 0 Å². The molecule has 104 valence electrons. The van der Waals surface area contributed by atoms with Crippen LogP contribution < -0.4 is 10.1 Å². The summed E-state index contributed by atoms with van der Waals surface area (Å²) < 4.78 is 31.7. The van der Waals surface area contributed by atoms with Crippen molar-refractivity contribution < 1.29 is 18.3 Å². The molecule has 0 heterocycles. The van der Waals surface area contributed by atoms with Gasteiger partial charge in [0, 0.05) is 10.0 Å². The van der Waals surface area contributed by atoms with Crippen LogP contribution in [0.5, 0.6) is 5.75 Å². The molecule has 6 heteroatoms. The lowest BCUT2D eigenvalue weighted by molar-refractivity contribution is 0.102. The highest BCUT2D eigenvalue weighted by atomic mass is 79.9. The summed E-state index contributed by atoms with van der Waals surface area (Å²) >= 11 is 3.21. The Kier molecular flexibility index (Phi) is 4.34. The predicted octanol–water partition coefficient (Wildman–Crippen LogP) is 3.99. The molecule has 0 aliphatic rings. The fourth-order valence-electron chi connectivity index (χ4n) is 1.59. The molecule has 0 saturated heterocycles. The van der Waals surface area contributed by atoms with Crippen LogP contribution in [0.4, 0.5) is 14.5 Å². The molecule has 2 aromatic rings. The van der Waals surface area contributed by atoms with Gasteiger partial charge in [0.25, 0.3) is 5.91 Å². The number of anilines is 1. The first-order valence-corrected chi connectivity index (χ1v) is 6.40. The molecule has 0 aliphatic carbocycles. The van der Waals surface area contributed by atoms with Gasteiger partial charge in [0.15, 0.2) is 11.6 Å². The monoisotopic (exact) mass is 341 g/mol. The van der Waals surface area contributed by atoms with Gasteiger partial charge in [-0.25, -0.2) is 8.78 Å². The summed E-state index contributed by atoms with van der Waals surface area (Å²) in [5, 5.41) is 2.53. The third-order valence-electron chi connectivity index (χ3n) is 2.59. The van der Waals surface area contributed by atoms with E-state index in [0.717, 1.165) is 6.07 Å². The van der Waals surface area contributed by atoms with Crippen molar-refractivity contribution in [2.75, 3.05) is 12.4 Å². The Labute approximate surface area is 122 Å². The van der Waals surface area contributed by atoms with Gasteiger partial charge in [0.2, 0.25) is 0 Å². The number of hydrogen-bond donors (Lipinski definition) is 1. The number of benzene rings is 2.